The molecule has 1 fully saturated rings. The third kappa shape index (κ3) is 3.52. The van der Waals surface area contributed by atoms with Crippen molar-refractivity contribution in [2.75, 3.05) is 19.6 Å². The van der Waals surface area contributed by atoms with Crippen LogP contribution in [0.15, 0.2) is 23.1 Å². The van der Waals surface area contributed by atoms with Gasteiger partial charge in [0.1, 0.15) is 4.90 Å². The smallest absolute Gasteiger partial charge is 0.244 e. The molecule has 0 aliphatic carbocycles. The zero-order valence-corrected chi connectivity index (χ0v) is 13.3. The van der Waals surface area contributed by atoms with E-state index < -0.39 is 10.0 Å². The molecular weight excluding hydrogens is 296 g/mol. The van der Waals surface area contributed by atoms with Gasteiger partial charge in [-0.15, -0.1) is 0 Å². The van der Waals surface area contributed by atoms with Crippen molar-refractivity contribution in [2.24, 2.45) is 0 Å². The molecule has 0 saturated carbocycles. The van der Waals surface area contributed by atoms with E-state index in [9.17, 15) is 8.42 Å². The summed E-state index contributed by atoms with van der Waals surface area (Å²) in [6, 6.07) is 5.24. The fraction of sp³-hybridized carbons (Fsp3) is 0.571. The average molecular weight is 317 g/mol. The monoisotopic (exact) mass is 316 g/mol. The Morgan fingerprint density at radius 2 is 2.00 bits per heavy atom. The van der Waals surface area contributed by atoms with E-state index in [0.717, 1.165) is 31.4 Å². The van der Waals surface area contributed by atoms with Crippen molar-refractivity contribution in [1.29, 1.82) is 0 Å². The molecule has 0 aromatic heterocycles. The first-order chi connectivity index (χ1) is 9.55. The van der Waals surface area contributed by atoms with E-state index in [4.69, 9.17) is 11.6 Å². The predicted octanol–water partition coefficient (Wildman–Crippen LogP) is 2.62. The molecule has 0 spiro atoms. The largest absolute Gasteiger partial charge is 0.313 e. The van der Waals surface area contributed by atoms with Crippen LogP contribution in [-0.4, -0.2) is 32.4 Å². The summed E-state index contributed by atoms with van der Waals surface area (Å²) in [5, 5.41) is 3.57. The van der Waals surface area contributed by atoms with Gasteiger partial charge in [-0.1, -0.05) is 24.6 Å². The summed E-state index contributed by atoms with van der Waals surface area (Å²) in [5.74, 6) is 0. The minimum absolute atomic E-state index is 0.233. The lowest BCUT2D eigenvalue weighted by atomic mass is 10.2. The molecule has 1 aromatic rings. The summed E-state index contributed by atoms with van der Waals surface area (Å²) < 4.78 is 26.6. The second-order valence-electron chi connectivity index (χ2n) is 5.05. The zero-order chi connectivity index (χ0) is 14.6. The molecule has 1 aliphatic heterocycles. The Hall–Kier alpha value is -0.620. The zero-order valence-electron chi connectivity index (χ0n) is 11.7. The summed E-state index contributed by atoms with van der Waals surface area (Å²) in [6.45, 7) is 4.86. The third-order valence-electron chi connectivity index (χ3n) is 3.43. The van der Waals surface area contributed by atoms with Gasteiger partial charge in [-0.3, -0.25) is 0 Å². The lowest BCUT2D eigenvalue weighted by molar-refractivity contribution is 0.477. The Kier molecular flexibility index (Phi) is 5.43. The van der Waals surface area contributed by atoms with Crippen LogP contribution in [0.1, 0.15) is 31.7 Å². The number of nitrogens with one attached hydrogen (secondary N) is 1. The van der Waals surface area contributed by atoms with Crippen molar-refractivity contribution in [3.05, 3.63) is 28.8 Å². The second-order valence-corrected chi connectivity index (χ2v) is 7.37. The Balaban J connectivity index is 2.23. The molecule has 4 nitrogen and oxygen atoms in total. The van der Waals surface area contributed by atoms with Crippen molar-refractivity contribution in [3.8, 4) is 0 Å². The molecule has 0 atom stereocenters. The summed E-state index contributed by atoms with van der Waals surface area (Å²) in [7, 11) is -3.45. The Morgan fingerprint density at radius 1 is 1.30 bits per heavy atom. The highest BCUT2D eigenvalue weighted by molar-refractivity contribution is 7.89. The first-order valence-corrected chi connectivity index (χ1v) is 8.87. The lowest BCUT2D eigenvalue weighted by Crippen LogP contribution is -2.28. The van der Waals surface area contributed by atoms with Gasteiger partial charge in [0.2, 0.25) is 10.0 Å². The fourth-order valence-electron chi connectivity index (χ4n) is 2.33. The van der Waals surface area contributed by atoms with Gasteiger partial charge in [0.25, 0.3) is 0 Å². The normalized spacial score (nSPS) is 16.7. The van der Waals surface area contributed by atoms with Crippen LogP contribution in [0.3, 0.4) is 0 Å². The highest BCUT2D eigenvalue weighted by atomic mass is 35.5. The first kappa shape index (κ1) is 15.8. The number of halogens is 1. The van der Waals surface area contributed by atoms with Gasteiger partial charge in [-0.25, -0.2) is 8.42 Å². The van der Waals surface area contributed by atoms with E-state index in [1.807, 2.05) is 6.07 Å². The van der Waals surface area contributed by atoms with E-state index in [-0.39, 0.29) is 4.90 Å². The van der Waals surface area contributed by atoms with Gasteiger partial charge in [0.05, 0.1) is 5.02 Å². The van der Waals surface area contributed by atoms with E-state index >= 15 is 0 Å². The molecule has 0 unspecified atom stereocenters. The molecular formula is C14H21ClN2O2S. The quantitative estimate of drug-likeness (QED) is 0.821. The molecule has 1 heterocycles. The topological polar surface area (TPSA) is 49.4 Å². The van der Waals surface area contributed by atoms with Crippen LogP contribution >= 0.6 is 11.6 Å². The first-order valence-electron chi connectivity index (χ1n) is 7.05. The van der Waals surface area contributed by atoms with Gasteiger partial charge in [0.15, 0.2) is 0 Å². The lowest BCUT2D eigenvalue weighted by Gasteiger charge is -2.17. The van der Waals surface area contributed by atoms with Gasteiger partial charge < -0.3 is 5.32 Å². The summed E-state index contributed by atoms with van der Waals surface area (Å²) in [6.07, 6.45) is 2.90. The molecule has 20 heavy (non-hydrogen) atoms. The van der Waals surface area contributed by atoms with Gasteiger partial charge in [-0.2, -0.15) is 4.31 Å². The van der Waals surface area contributed by atoms with Crippen molar-refractivity contribution >= 4 is 21.6 Å². The molecule has 2 rings (SSSR count). The van der Waals surface area contributed by atoms with E-state index in [2.05, 4.69) is 12.2 Å². The van der Waals surface area contributed by atoms with Gasteiger partial charge in [0, 0.05) is 19.6 Å². The molecule has 1 N–H and O–H groups in total. The molecule has 1 saturated heterocycles. The van der Waals surface area contributed by atoms with Gasteiger partial charge >= 0.3 is 0 Å². The summed E-state index contributed by atoms with van der Waals surface area (Å²) in [4.78, 5) is 0.233. The molecule has 0 radical (unpaired) electrons. The number of sulfonamides is 1. The Labute approximate surface area is 126 Å². The standard InChI is InChI=1S/C14H21ClN2O2S/c1-2-7-16-11-12-5-6-13(15)14(10-12)20(18,19)17-8-3-4-9-17/h5-6,10,16H,2-4,7-9,11H2,1H3. The highest BCUT2D eigenvalue weighted by Gasteiger charge is 2.29. The molecule has 1 aliphatic rings. The van der Waals surface area contributed by atoms with Crippen LogP contribution < -0.4 is 5.32 Å². The molecule has 0 bridgehead atoms. The van der Waals surface area contributed by atoms with Crippen molar-refractivity contribution in [1.82, 2.24) is 9.62 Å². The Morgan fingerprint density at radius 3 is 2.65 bits per heavy atom. The van der Waals surface area contributed by atoms with Crippen molar-refractivity contribution < 1.29 is 8.42 Å². The maximum absolute atomic E-state index is 12.6. The average Bonchev–Trinajstić information content (AvgIpc) is 2.95. The van der Waals surface area contributed by atoms with E-state index in [0.29, 0.717) is 24.7 Å². The minimum atomic E-state index is -3.45. The minimum Gasteiger partial charge on any atom is -0.313 e. The van der Waals surface area contributed by atoms with E-state index in [1.54, 1.807) is 12.1 Å². The number of benzene rings is 1. The molecule has 112 valence electrons. The van der Waals surface area contributed by atoms with Crippen molar-refractivity contribution in [3.63, 3.8) is 0 Å². The SMILES string of the molecule is CCCNCc1ccc(Cl)c(S(=O)(=O)N2CCCC2)c1. The molecule has 1 aromatic carbocycles. The van der Waals surface area contributed by atoms with Crippen LogP contribution in [-0.2, 0) is 16.6 Å². The van der Waals surface area contributed by atoms with E-state index in [1.165, 1.54) is 4.31 Å². The maximum Gasteiger partial charge on any atom is 0.244 e. The fourth-order valence-corrected chi connectivity index (χ4v) is 4.37. The van der Waals surface area contributed by atoms with Crippen LogP contribution in [0.4, 0.5) is 0 Å². The predicted molar refractivity (Wildman–Crippen MR) is 81.4 cm³/mol. The van der Waals surface area contributed by atoms with Crippen molar-refractivity contribution in [2.45, 2.75) is 37.6 Å². The highest BCUT2D eigenvalue weighted by Crippen LogP contribution is 2.28. The summed E-state index contributed by atoms with van der Waals surface area (Å²) >= 11 is 6.09. The maximum atomic E-state index is 12.6. The molecule has 6 heteroatoms. The number of rotatable bonds is 6. The Bertz CT molecular complexity index is 554. The van der Waals surface area contributed by atoms with Crippen LogP contribution in [0.5, 0.6) is 0 Å². The van der Waals surface area contributed by atoms with Crippen LogP contribution in [0, 0.1) is 0 Å². The van der Waals surface area contributed by atoms with Crippen LogP contribution in [0.25, 0.3) is 0 Å². The second kappa shape index (κ2) is 6.89. The summed E-state index contributed by atoms with van der Waals surface area (Å²) in [5.41, 5.74) is 0.945. The number of nitrogens with zero attached hydrogens (tertiary/aromatic N) is 1. The number of hydrogen-bond donors (Lipinski definition) is 1. The number of hydrogen-bond acceptors (Lipinski definition) is 3. The third-order valence-corrected chi connectivity index (χ3v) is 5.81. The van der Waals surface area contributed by atoms with Crippen LogP contribution in [0.2, 0.25) is 5.02 Å². The van der Waals surface area contributed by atoms with Gasteiger partial charge in [-0.05, 0) is 43.5 Å². The molecule has 0 amide bonds.